The van der Waals surface area contributed by atoms with E-state index in [1.165, 1.54) is 48.6 Å². The van der Waals surface area contributed by atoms with Crippen LogP contribution in [0.4, 0.5) is 4.39 Å². The van der Waals surface area contributed by atoms with Crippen LogP contribution >= 0.6 is 15.9 Å². The van der Waals surface area contributed by atoms with Crippen LogP contribution < -0.4 is 4.74 Å². The molecule has 0 N–H and O–H groups in total. The number of unbranched alkanes of at least 4 members (excludes halogenated alkanes) is 3. The smallest absolute Gasteiger partial charge is 0.243 e. The molecule has 3 aromatic heterocycles. The lowest BCUT2D eigenvalue weighted by molar-refractivity contribution is 0.249. The van der Waals surface area contributed by atoms with Crippen LogP contribution in [-0.4, -0.2) is 94.3 Å². The summed E-state index contributed by atoms with van der Waals surface area (Å²) in [7, 11) is -7.41. The first kappa shape index (κ1) is 82.1. The van der Waals surface area contributed by atoms with Crippen molar-refractivity contribution in [2.24, 2.45) is 0 Å². The SMILES string of the molecule is Brc1ccc(CCN(Cc2ccc(Oc3ccccc3)cc2)Cc2nncn2CCCCc2ccccc2)cc1.C.Cc1ccc(S(=O)(=O)N(CCCCc2ccccc2)Cc2nncn2Cc2ccc(F)cc2)cc1.Cc1ccc(S(=O)(=O)N(CCCCc2ccccc2)Cc2nncn2Cc2ccccc2)cc1. The highest BCUT2D eigenvalue weighted by atomic mass is 79.9. The summed E-state index contributed by atoms with van der Waals surface area (Å²) >= 11 is 3.54. The van der Waals surface area contributed by atoms with Gasteiger partial charge in [0.2, 0.25) is 20.0 Å². The van der Waals surface area contributed by atoms with E-state index in [1.807, 2.05) is 146 Å². The van der Waals surface area contributed by atoms with Crippen molar-refractivity contribution in [3.05, 3.63) is 370 Å². The molecule has 0 spiro atoms. The second-order valence-corrected chi connectivity index (χ2v) is 31.9. The number of sulfonamides is 2. The molecule has 10 aromatic carbocycles. The highest BCUT2D eigenvalue weighted by Gasteiger charge is 2.28. The molecular weight excluding hydrogens is 1480 g/mol. The zero-order valence-corrected chi connectivity index (χ0v) is 65.1. The predicted octanol–water partition coefficient (Wildman–Crippen LogP) is 18.6. The van der Waals surface area contributed by atoms with Gasteiger partial charge in [0.25, 0.3) is 0 Å². The highest BCUT2D eigenvalue weighted by molar-refractivity contribution is 9.10. The molecule has 110 heavy (non-hydrogen) atoms. The predicted molar refractivity (Wildman–Crippen MR) is 438 cm³/mol. The summed E-state index contributed by atoms with van der Waals surface area (Å²) < 4.78 is 83.6. The minimum Gasteiger partial charge on any atom is -0.457 e. The highest BCUT2D eigenvalue weighted by Crippen LogP contribution is 2.26. The maximum Gasteiger partial charge on any atom is 0.243 e. The summed E-state index contributed by atoms with van der Waals surface area (Å²) in [6, 6.07) is 88.2. The number of nitrogens with zero attached hydrogens (tertiary/aromatic N) is 12. The molecule has 0 atom stereocenters. The zero-order valence-electron chi connectivity index (χ0n) is 61.8. The van der Waals surface area contributed by atoms with E-state index in [-0.39, 0.29) is 31.2 Å². The molecule has 0 saturated carbocycles. The summed E-state index contributed by atoms with van der Waals surface area (Å²) in [4.78, 5) is 3.02. The molecule has 0 aliphatic heterocycles. The molecule has 0 aliphatic carbocycles. The normalized spacial score (nSPS) is 11.4. The Hall–Kier alpha value is -10.4. The summed E-state index contributed by atoms with van der Waals surface area (Å²) in [6.45, 7) is 9.38. The van der Waals surface area contributed by atoms with E-state index in [2.05, 4.69) is 147 Å². The van der Waals surface area contributed by atoms with Crippen LogP contribution in [0.2, 0.25) is 0 Å². The molecule has 0 radical (unpaired) electrons. The van der Waals surface area contributed by atoms with Crippen LogP contribution in [0.5, 0.6) is 11.5 Å². The van der Waals surface area contributed by atoms with Gasteiger partial charge in [-0.15, -0.1) is 30.6 Å². The van der Waals surface area contributed by atoms with Crippen LogP contribution in [0, 0.1) is 19.7 Å². The quantitative estimate of drug-likeness (QED) is 0.0340. The largest absolute Gasteiger partial charge is 0.457 e. The Balaban J connectivity index is 0.000000175. The molecule has 0 amide bonds. The minimum absolute atomic E-state index is 0. The van der Waals surface area contributed by atoms with Crippen molar-refractivity contribution in [2.45, 2.75) is 141 Å². The van der Waals surface area contributed by atoms with E-state index < -0.39 is 20.0 Å². The van der Waals surface area contributed by atoms with Crippen molar-refractivity contribution in [1.82, 2.24) is 57.8 Å². The Kier molecular flexibility index (Phi) is 31.8. The number of hydrogen-bond donors (Lipinski definition) is 0. The minimum atomic E-state index is -3.73. The topological polar surface area (TPSA) is 179 Å². The van der Waals surface area contributed by atoms with Gasteiger partial charge in [-0.1, -0.05) is 235 Å². The maximum absolute atomic E-state index is 13.6. The van der Waals surface area contributed by atoms with Gasteiger partial charge in [-0.2, -0.15) is 8.61 Å². The van der Waals surface area contributed by atoms with Crippen LogP contribution in [0.15, 0.2) is 306 Å². The van der Waals surface area contributed by atoms with E-state index in [0.29, 0.717) is 49.1 Å². The number of halogens is 2. The second kappa shape index (κ2) is 42.5. The number of para-hydroxylation sites is 1. The van der Waals surface area contributed by atoms with Gasteiger partial charge < -0.3 is 18.4 Å². The van der Waals surface area contributed by atoms with Gasteiger partial charge in [-0.05, 0) is 190 Å². The van der Waals surface area contributed by atoms with Gasteiger partial charge in [-0.3, -0.25) is 4.90 Å². The number of aromatic nitrogens is 9. The molecule has 0 fully saturated rings. The Bertz CT molecular complexity index is 5030. The molecule has 0 bridgehead atoms. The fraction of sp³-hybridized carbons (Fsp3) is 0.258. The second-order valence-electron chi connectivity index (χ2n) is 27.1. The average molecular weight is 1580 g/mol. The Morgan fingerprint density at radius 2 is 0.727 bits per heavy atom. The van der Waals surface area contributed by atoms with Crippen molar-refractivity contribution < 1.29 is 26.0 Å². The van der Waals surface area contributed by atoms with Gasteiger partial charge in [0.1, 0.15) is 53.8 Å². The first-order valence-corrected chi connectivity index (χ1v) is 40.7. The number of benzene rings is 10. The third-order valence-electron chi connectivity index (χ3n) is 18.7. The zero-order chi connectivity index (χ0) is 75.9. The first-order valence-electron chi connectivity index (χ1n) is 37.1. The van der Waals surface area contributed by atoms with Crippen LogP contribution in [0.3, 0.4) is 0 Å². The molecule has 21 heteroatoms. The Morgan fingerprint density at radius 1 is 0.364 bits per heavy atom. The Morgan fingerprint density at radius 3 is 1.18 bits per heavy atom. The van der Waals surface area contributed by atoms with Crippen molar-refractivity contribution >= 4 is 36.0 Å². The molecule has 0 unspecified atom stereocenters. The molecule has 570 valence electrons. The molecule has 17 nitrogen and oxygen atoms in total. The third-order valence-corrected chi connectivity index (χ3v) is 22.9. The summed E-state index contributed by atoms with van der Waals surface area (Å²) in [5.74, 6) is 3.56. The molecule has 3 heterocycles. The number of aryl methyl sites for hydroxylation is 6. The van der Waals surface area contributed by atoms with Gasteiger partial charge >= 0.3 is 0 Å². The summed E-state index contributed by atoms with van der Waals surface area (Å²) in [6.07, 6.45) is 14.5. The first-order chi connectivity index (χ1) is 53.1. The van der Waals surface area contributed by atoms with Crippen molar-refractivity contribution in [1.29, 1.82) is 0 Å². The summed E-state index contributed by atoms with van der Waals surface area (Å²) in [5.41, 5.74) is 10.5. The van der Waals surface area contributed by atoms with Crippen molar-refractivity contribution in [2.75, 3.05) is 19.6 Å². The lowest BCUT2D eigenvalue weighted by Crippen LogP contribution is -2.33. The Labute approximate surface area is 657 Å². The monoisotopic (exact) mass is 1580 g/mol. The van der Waals surface area contributed by atoms with E-state index in [1.54, 1.807) is 65.8 Å². The van der Waals surface area contributed by atoms with Crippen LogP contribution in [0.1, 0.15) is 113 Å². The lowest BCUT2D eigenvalue weighted by Gasteiger charge is -2.22. The average Bonchev–Trinajstić information content (AvgIpc) is 1.18. The number of hydrogen-bond acceptors (Lipinski definition) is 12. The third kappa shape index (κ3) is 25.9. The van der Waals surface area contributed by atoms with Crippen molar-refractivity contribution in [3.8, 4) is 11.5 Å². The standard InChI is InChI=1S/C34H35BrN4O.C27H29FN4O2S.C27H30N4O2S.CH4/c35-31-18-14-29(15-19-31)22-24-38(25-30-16-20-33(21-17-30)40-32-12-5-2-6-13-32)26-34-37-36-27-39(34)23-8-7-11-28-9-3-1-4-10-28;1-22-10-16-26(17-11-22)35(33,34)32(18-6-5-9-23-7-3-2-4-8-23)20-27-30-29-21-31(27)19-24-12-14-25(28)15-13-24;1-23-15-17-26(18-16-23)34(32,33)31(19-9-8-12-24-10-4-2-5-11-24)21-27-29-28-22-30(27)20-25-13-6-3-7-14-25;/h1-6,9-10,12-21,27H,7-8,11,22-26H2;2-4,7-8,10-17,21H,5-6,9,18-20H2,1H3;2-7,10-11,13-18,22H,8-9,12,19-21H2,1H3;1H4. The number of rotatable bonds is 36. The molecule has 13 aromatic rings. The van der Waals surface area contributed by atoms with Gasteiger partial charge in [-0.25, -0.2) is 21.2 Å². The fourth-order valence-electron chi connectivity index (χ4n) is 12.5. The molecule has 0 saturated heterocycles. The maximum atomic E-state index is 13.6. The molecule has 0 aliphatic rings. The van der Waals surface area contributed by atoms with E-state index >= 15 is 0 Å². The van der Waals surface area contributed by atoms with Gasteiger partial charge in [0.15, 0.2) is 0 Å². The number of ether oxygens (including phenoxy) is 1. The summed E-state index contributed by atoms with van der Waals surface area (Å²) in [5, 5.41) is 25.3. The van der Waals surface area contributed by atoms with E-state index in [0.717, 1.165) is 128 Å². The molecule has 13 rings (SSSR count). The van der Waals surface area contributed by atoms with E-state index in [9.17, 15) is 21.2 Å². The van der Waals surface area contributed by atoms with E-state index in [4.69, 9.17) is 4.74 Å². The lowest BCUT2D eigenvalue weighted by atomic mass is 10.1. The molecular formula is C89H98BrFN12O5S2. The van der Waals surface area contributed by atoms with Crippen LogP contribution in [0.25, 0.3) is 0 Å². The fourth-order valence-corrected chi connectivity index (χ4v) is 15.6. The van der Waals surface area contributed by atoms with Gasteiger partial charge in [0, 0.05) is 37.2 Å². The van der Waals surface area contributed by atoms with Crippen LogP contribution in [-0.2, 0) is 91.5 Å². The van der Waals surface area contributed by atoms with Crippen molar-refractivity contribution in [3.63, 3.8) is 0 Å². The van der Waals surface area contributed by atoms with Gasteiger partial charge in [0.05, 0.1) is 42.5 Å².